The standard InChI is InChI=1S/C16H24N2O2/c1-17-10-6-9-14(17)12-18(2)15(11-16(19)20)13-7-4-3-5-8-13/h3-5,7-8,14-15H,6,9-12H2,1-2H3,(H,19,20). The Labute approximate surface area is 121 Å². The van der Waals surface area contributed by atoms with Crippen LogP contribution in [0, 0.1) is 0 Å². The van der Waals surface area contributed by atoms with Crippen LogP contribution in [0.4, 0.5) is 0 Å². The minimum Gasteiger partial charge on any atom is -0.481 e. The second-order valence-corrected chi connectivity index (χ2v) is 5.74. The van der Waals surface area contributed by atoms with Gasteiger partial charge in [-0.2, -0.15) is 0 Å². The maximum Gasteiger partial charge on any atom is 0.305 e. The van der Waals surface area contributed by atoms with Crippen molar-refractivity contribution in [3.63, 3.8) is 0 Å². The third kappa shape index (κ3) is 3.81. The molecule has 0 spiro atoms. The molecule has 2 atom stereocenters. The molecule has 0 bridgehead atoms. The number of benzene rings is 1. The Balaban J connectivity index is 2.07. The number of aliphatic carboxylic acids is 1. The maximum atomic E-state index is 11.2. The predicted octanol–water partition coefficient (Wildman–Crippen LogP) is 2.23. The molecule has 2 rings (SSSR count). The normalized spacial score (nSPS) is 21.2. The molecule has 1 fully saturated rings. The molecule has 0 aliphatic carbocycles. The Morgan fingerprint density at radius 1 is 1.45 bits per heavy atom. The lowest BCUT2D eigenvalue weighted by Gasteiger charge is -2.32. The van der Waals surface area contributed by atoms with Crippen LogP contribution < -0.4 is 0 Å². The van der Waals surface area contributed by atoms with Gasteiger partial charge in [-0.05, 0) is 39.0 Å². The average molecular weight is 276 g/mol. The van der Waals surface area contributed by atoms with Crippen LogP contribution in [0.1, 0.15) is 30.9 Å². The van der Waals surface area contributed by atoms with E-state index >= 15 is 0 Å². The first kappa shape index (κ1) is 15.0. The summed E-state index contributed by atoms with van der Waals surface area (Å²) in [6.07, 6.45) is 2.59. The van der Waals surface area contributed by atoms with E-state index in [1.807, 2.05) is 37.4 Å². The van der Waals surface area contributed by atoms with Crippen LogP contribution in [0.5, 0.6) is 0 Å². The smallest absolute Gasteiger partial charge is 0.305 e. The number of carboxylic acid groups (broad SMARTS) is 1. The summed E-state index contributed by atoms with van der Waals surface area (Å²) in [5.41, 5.74) is 1.08. The Bertz CT molecular complexity index is 435. The second-order valence-electron chi connectivity index (χ2n) is 5.74. The summed E-state index contributed by atoms with van der Waals surface area (Å²) < 4.78 is 0. The maximum absolute atomic E-state index is 11.2. The molecule has 0 amide bonds. The van der Waals surface area contributed by atoms with Gasteiger partial charge in [-0.25, -0.2) is 0 Å². The number of likely N-dealkylation sites (N-methyl/N-ethyl adjacent to an activating group) is 2. The molecular weight excluding hydrogens is 252 g/mol. The van der Waals surface area contributed by atoms with Crippen molar-refractivity contribution in [2.75, 3.05) is 27.2 Å². The van der Waals surface area contributed by atoms with Gasteiger partial charge in [0.2, 0.25) is 0 Å². The van der Waals surface area contributed by atoms with Gasteiger partial charge in [0, 0.05) is 18.6 Å². The van der Waals surface area contributed by atoms with E-state index < -0.39 is 5.97 Å². The highest BCUT2D eigenvalue weighted by Crippen LogP contribution is 2.25. The molecule has 20 heavy (non-hydrogen) atoms. The number of likely N-dealkylation sites (tertiary alicyclic amines) is 1. The van der Waals surface area contributed by atoms with Crippen LogP contribution in [-0.2, 0) is 4.79 Å². The summed E-state index contributed by atoms with van der Waals surface area (Å²) in [7, 11) is 4.19. The molecule has 1 saturated heterocycles. The van der Waals surface area contributed by atoms with E-state index in [9.17, 15) is 4.79 Å². The highest BCUT2D eigenvalue weighted by Gasteiger charge is 2.26. The van der Waals surface area contributed by atoms with E-state index in [2.05, 4.69) is 16.8 Å². The van der Waals surface area contributed by atoms with Crippen molar-refractivity contribution in [1.29, 1.82) is 0 Å². The fraction of sp³-hybridized carbons (Fsp3) is 0.562. The first-order valence-corrected chi connectivity index (χ1v) is 7.25. The summed E-state index contributed by atoms with van der Waals surface area (Å²) in [5, 5.41) is 9.17. The van der Waals surface area contributed by atoms with E-state index in [1.165, 1.54) is 12.8 Å². The highest BCUT2D eigenvalue weighted by atomic mass is 16.4. The van der Waals surface area contributed by atoms with Crippen molar-refractivity contribution < 1.29 is 9.90 Å². The minimum atomic E-state index is -0.745. The summed E-state index contributed by atoms with van der Waals surface area (Å²) in [5.74, 6) is -0.745. The second kappa shape index (κ2) is 6.86. The molecule has 0 radical (unpaired) electrons. The lowest BCUT2D eigenvalue weighted by molar-refractivity contribution is -0.138. The van der Waals surface area contributed by atoms with Gasteiger partial charge in [0.15, 0.2) is 0 Å². The van der Waals surface area contributed by atoms with Crippen LogP contribution in [0.2, 0.25) is 0 Å². The molecule has 1 aromatic rings. The molecule has 1 aromatic carbocycles. The number of nitrogens with zero attached hydrogens (tertiary/aromatic N) is 2. The number of carbonyl (C=O) groups is 1. The summed E-state index contributed by atoms with van der Waals surface area (Å²) in [4.78, 5) is 15.7. The lowest BCUT2D eigenvalue weighted by Crippen LogP contribution is -2.39. The van der Waals surface area contributed by atoms with Gasteiger partial charge < -0.3 is 10.0 Å². The fourth-order valence-corrected chi connectivity index (χ4v) is 3.04. The number of rotatable bonds is 6. The van der Waals surface area contributed by atoms with Crippen molar-refractivity contribution in [3.8, 4) is 0 Å². The van der Waals surface area contributed by atoms with Crippen molar-refractivity contribution in [2.24, 2.45) is 0 Å². The summed E-state index contributed by atoms with van der Waals surface area (Å²) in [6.45, 7) is 2.07. The van der Waals surface area contributed by atoms with E-state index in [-0.39, 0.29) is 12.5 Å². The molecule has 0 aromatic heterocycles. The first-order valence-electron chi connectivity index (χ1n) is 7.25. The summed E-state index contributed by atoms with van der Waals surface area (Å²) >= 11 is 0. The van der Waals surface area contributed by atoms with Crippen molar-refractivity contribution in [2.45, 2.75) is 31.3 Å². The Hall–Kier alpha value is -1.39. The highest BCUT2D eigenvalue weighted by molar-refractivity contribution is 5.67. The van der Waals surface area contributed by atoms with E-state index in [1.54, 1.807) is 0 Å². The lowest BCUT2D eigenvalue weighted by atomic mass is 10.0. The van der Waals surface area contributed by atoms with Gasteiger partial charge in [0.05, 0.1) is 6.42 Å². The zero-order chi connectivity index (χ0) is 14.5. The van der Waals surface area contributed by atoms with Gasteiger partial charge in [-0.15, -0.1) is 0 Å². The van der Waals surface area contributed by atoms with Gasteiger partial charge in [-0.3, -0.25) is 9.69 Å². The third-order valence-electron chi connectivity index (χ3n) is 4.25. The molecule has 110 valence electrons. The van der Waals surface area contributed by atoms with Gasteiger partial charge in [0.25, 0.3) is 0 Å². The molecule has 4 nitrogen and oxygen atoms in total. The predicted molar refractivity (Wildman–Crippen MR) is 79.7 cm³/mol. The van der Waals surface area contributed by atoms with Crippen LogP contribution in [0.15, 0.2) is 30.3 Å². The van der Waals surface area contributed by atoms with E-state index in [0.717, 1.165) is 18.7 Å². The number of hydrogen-bond acceptors (Lipinski definition) is 3. The molecule has 1 aliphatic heterocycles. The van der Waals surface area contributed by atoms with Crippen molar-refractivity contribution >= 4 is 5.97 Å². The van der Waals surface area contributed by atoms with E-state index in [0.29, 0.717) is 6.04 Å². The Morgan fingerprint density at radius 2 is 2.15 bits per heavy atom. The third-order valence-corrected chi connectivity index (χ3v) is 4.25. The topological polar surface area (TPSA) is 43.8 Å². The minimum absolute atomic E-state index is 0.0531. The summed E-state index contributed by atoms with van der Waals surface area (Å²) in [6, 6.07) is 10.4. The Kier molecular flexibility index (Phi) is 5.15. The first-order chi connectivity index (χ1) is 9.58. The zero-order valence-corrected chi connectivity index (χ0v) is 12.3. The van der Waals surface area contributed by atoms with E-state index in [4.69, 9.17) is 5.11 Å². The van der Waals surface area contributed by atoms with Gasteiger partial charge >= 0.3 is 5.97 Å². The zero-order valence-electron chi connectivity index (χ0n) is 12.3. The SMILES string of the molecule is CN1CCCC1CN(C)C(CC(=O)O)c1ccccc1. The van der Waals surface area contributed by atoms with Crippen LogP contribution in [0.25, 0.3) is 0 Å². The quantitative estimate of drug-likeness (QED) is 0.865. The fourth-order valence-electron chi connectivity index (χ4n) is 3.04. The number of hydrogen-bond donors (Lipinski definition) is 1. The van der Waals surface area contributed by atoms with Crippen molar-refractivity contribution in [3.05, 3.63) is 35.9 Å². The van der Waals surface area contributed by atoms with Gasteiger partial charge in [-0.1, -0.05) is 30.3 Å². The monoisotopic (exact) mass is 276 g/mol. The molecule has 1 aliphatic rings. The van der Waals surface area contributed by atoms with Crippen LogP contribution >= 0.6 is 0 Å². The molecule has 1 heterocycles. The molecule has 0 saturated carbocycles. The van der Waals surface area contributed by atoms with Crippen molar-refractivity contribution in [1.82, 2.24) is 9.80 Å². The molecular formula is C16H24N2O2. The average Bonchev–Trinajstić information content (AvgIpc) is 2.82. The molecule has 1 N–H and O–H groups in total. The largest absolute Gasteiger partial charge is 0.481 e. The Morgan fingerprint density at radius 3 is 2.70 bits per heavy atom. The molecule has 2 unspecified atom stereocenters. The molecule has 4 heteroatoms. The van der Waals surface area contributed by atoms with Crippen LogP contribution in [0.3, 0.4) is 0 Å². The number of carboxylic acids is 1. The van der Waals surface area contributed by atoms with Crippen LogP contribution in [-0.4, -0.2) is 54.1 Å². The van der Waals surface area contributed by atoms with Gasteiger partial charge in [0.1, 0.15) is 0 Å².